The van der Waals surface area contributed by atoms with Gasteiger partial charge in [0.1, 0.15) is 5.75 Å². The molecule has 92 valence electrons. The van der Waals surface area contributed by atoms with Crippen LogP contribution in [0, 0.1) is 0 Å². The van der Waals surface area contributed by atoms with Gasteiger partial charge in [-0.1, -0.05) is 46.3 Å². The number of hydrogen-bond donors (Lipinski definition) is 1. The van der Waals surface area contributed by atoms with E-state index < -0.39 is 12.1 Å². The van der Waals surface area contributed by atoms with Crippen LogP contribution < -0.4 is 4.74 Å². The van der Waals surface area contributed by atoms with Crippen LogP contribution >= 0.6 is 15.9 Å². The first kappa shape index (κ1) is 12.6. The van der Waals surface area contributed by atoms with Crippen LogP contribution in [0.4, 0.5) is 0 Å². The standard InChI is InChI=1S/C14H11BrO3/c15-11-6-8-12(9-7-11)18-13(14(16)17)10-4-2-1-3-5-10/h1-9,13H,(H,16,17)/t13-/m0/s1. The minimum Gasteiger partial charge on any atom is -0.478 e. The molecule has 2 aromatic rings. The van der Waals surface area contributed by atoms with E-state index in [2.05, 4.69) is 15.9 Å². The zero-order valence-electron chi connectivity index (χ0n) is 9.42. The first-order valence-corrected chi connectivity index (χ1v) is 6.16. The SMILES string of the molecule is O=C(O)[C@@H](Oc1ccc(Br)cc1)c1ccccc1. The van der Waals surface area contributed by atoms with Gasteiger partial charge in [-0.25, -0.2) is 4.79 Å². The number of halogens is 1. The second kappa shape index (κ2) is 5.69. The largest absolute Gasteiger partial charge is 0.478 e. The second-order valence-corrected chi connectivity index (χ2v) is 4.62. The summed E-state index contributed by atoms with van der Waals surface area (Å²) in [6.45, 7) is 0. The molecule has 0 aliphatic carbocycles. The van der Waals surface area contributed by atoms with Gasteiger partial charge in [0, 0.05) is 10.0 Å². The molecule has 0 heterocycles. The highest BCUT2D eigenvalue weighted by molar-refractivity contribution is 9.10. The van der Waals surface area contributed by atoms with Crippen LogP contribution in [0.25, 0.3) is 0 Å². The van der Waals surface area contributed by atoms with Crippen molar-refractivity contribution >= 4 is 21.9 Å². The van der Waals surface area contributed by atoms with E-state index in [1.165, 1.54) is 0 Å². The molecule has 0 fully saturated rings. The molecule has 4 heteroatoms. The van der Waals surface area contributed by atoms with Crippen molar-refractivity contribution in [2.24, 2.45) is 0 Å². The molecule has 0 saturated carbocycles. The summed E-state index contributed by atoms with van der Waals surface area (Å²) < 4.78 is 6.41. The van der Waals surface area contributed by atoms with Crippen molar-refractivity contribution < 1.29 is 14.6 Å². The molecule has 1 N–H and O–H groups in total. The first-order valence-electron chi connectivity index (χ1n) is 5.37. The number of carboxylic acids is 1. The Bertz CT molecular complexity index is 522. The Morgan fingerprint density at radius 1 is 1.06 bits per heavy atom. The molecule has 0 bridgehead atoms. The Hall–Kier alpha value is -1.81. The van der Waals surface area contributed by atoms with Gasteiger partial charge in [-0.15, -0.1) is 0 Å². The third kappa shape index (κ3) is 3.11. The van der Waals surface area contributed by atoms with Gasteiger partial charge in [-0.2, -0.15) is 0 Å². The Labute approximate surface area is 113 Å². The minimum atomic E-state index is -1.01. The molecule has 0 aliphatic heterocycles. The summed E-state index contributed by atoms with van der Waals surface area (Å²) in [5.41, 5.74) is 0.618. The Morgan fingerprint density at radius 3 is 2.22 bits per heavy atom. The fourth-order valence-corrected chi connectivity index (χ4v) is 1.80. The third-order valence-electron chi connectivity index (χ3n) is 2.39. The monoisotopic (exact) mass is 306 g/mol. The molecular weight excluding hydrogens is 296 g/mol. The minimum absolute atomic E-state index is 0.523. The molecular formula is C14H11BrO3. The Balaban J connectivity index is 2.22. The number of rotatable bonds is 4. The van der Waals surface area contributed by atoms with Gasteiger partial charge in [0.05, 0.1) is 0 Å². The summed E-state index contributed by atoms with van der Waals surface area (Å²) in [6.07, 6.45) is -0.993. The summed E-state index contributed by atoms with van der Waals surface area (Å²) in [4.78, 5) is 11.2. The lowest BCUT2D eigenvalue weighted by Crippen LogP contribution is -2.18. The van der Waals surface area contributed by atoms with Crippen LogP contribution in [-0.2, 0) is 4.79 Å². The zero-order valence-corrected chi connectivity index (χ0v) is 11.0. The summed E-state index contributed by atoms with van der Waals surface area (Å²) in [7, 11) is 0. The zero-order chi connectivity index (χ0) is 13.0. The molecule has 2 aromatic carbocycles. The number of aliphatic carboxylic acids is 1. The maximum absolute atomic E-state index is 11.2. The molecule has 1 atom stereocenters. The topological polar surface area (TPSA) is 46.5 Å². The van der Waals surface area contributed by atoms with E-state index in [-0.39, 0.29) is 0 Å². The third-order valence-corrected chi connectivity index (χ3v) is 2.92. The number of ether oxygens (including phenoxy) is 1. The Morgan fingerprint density at radius 2 is 1.67 bits per heavy atom. The maximum atomic E-state index is 11.2. The van der Waals surface area contributed by atoms with Crippen LogP contribution in [0.1, 0.15) is 11.7 Å². The highest BCUT2D eigenvalue weighted by Crippen LogP contribution is 2.23. The first-order chi connectivity index (χ1) is 8.66. The number of benzene rings is 2. The van der Waals surface area contributed by atoms with Crippen molar-refractivity contribution in [3.8, 4) is 5.75 Å². The fraction of sp³-hybridized carbons (Fsp3) is 0.0714. The average molecular weight is 307 g/mol. The molecule has 18 heavy (non-hydrogen) atoms. The van der Waals surface area contributed by atoms with Crippen LogP contribution in [0.2, 0.25) is 0 Å². The van der Waals surface area contributed by atoms with Crippen molar-refractivity contribution in [2.45, 2.75) is 6.10 Å². The number of carbonyl (C=O) groups is 1. The maximum Gasteiger partial charge on any atom is 0.349 e. The van der Waals surface area contributed by atoms with Crippen LogP contribution in [0.15, 0.2) is 59.1 Å². The van der Waals surface area contributed by atoms with Gasteiger partial charge in [0.2, 0.25) is 6.10 Å². The molecule has 3 nitrogen and oxygen atoms in total. The summed E-state index contributed by atoms with van der Waals surface area (Å²) in [5.74, 6) is -0.487. The van der Waals surface area contributed by atoms with Crippen LogP contribution in [0.3, 0.4) is 0 Å². The van der Waals surface area contributed by atoms with E-state index in [0.717, 1.165) is 4.47 Å². The number of carboxylic acid groups (broad SMARTS) is 1. The van der Waals surface area contributed by atoms with E-state index in [0.29, 0.717) is 11.3 Å². The predicted octanol–water partition coefficient (Wildman–Crippen LogP) is 3.65. The highest BCUT2D eigenvalue weighted by atomic mass is 79.9. The van der Waals surface area contributed by atoms with E-state index >= 15 is 0 Å². The molecule has 0 radical (unpaired) electrons. The van der Waals surface area contributed by atoms with Gasteiger partial charge in [0.25, 0.3) is 0 Å². The van der Waals surface area contributed by atoms with Gasteiger partial charge in [0.15, 0.2) is 0 Å². The fourth-order valence-electron chi connectivity index (χ4n) is 1.54. The van der Waals surface area contributed by atoms with Gasteiger partial charge in [-0.05, 0) is 24.3 Å². The van der Waals surface area contributed by atoms with Gasteiger partial charge < -0.3 is 9.84 Å². The molecule has 0 saturated heterocycles. The second-order valence-electron chi connectivity index (χ2n) is 3.70. The molecule has 0 unspecified atom stereocenters. The van der Waals surface area contributed by atoms with Crippen molar-refractivity contribution in [1.29, 1.82) is 0 Å². The van der Waals surface area contributed by atoms with E-state index in [9.17, 15) is 9.90 Å². The molecule has 0 amide bonds. The number of hydrogen-bond acceptors (Lipinski definition) is 2. The predicted molar refractivity (Wildman–Crippen MR) is 71.6 cm³/mol. The van der Waals surface area contributed by atoms with Crippen molar-refractivity contribution in [2.75, 3.05) is 0 Å². The molecule has 0 aliphatic rings. The normalized spacial score (nSPS) is 11.8. The average Bonchev–Trinajstić information content (AvgIpc) is 2.38. The van der Waals surface area contributed by atoms with E-state index in [1.54, 1.807) is 48.5 Å². The summed E-state index contributed by atoms with van der Waals surface area (Å²) >= 11 is 3.31. The summed E-state index contributed by atoms with van der Waals surface area (Å²) in [5, 5.41) is 9.21. The molecule has 0 aromatic heterocycles. The Kier molecular flexibility index (Phi) is 3.99. The summed E-state index contributed by atoms with van der Waals surface area (Å²) in [6, 6.07) is 15.9. The van der Waals surface area contributed by atoms with Gasteiger partial charge >= 0.3 is 5.97 Å². The molecule has 0 spiro atoms. The lowest BCUT2D eigenvalue weighted by molar-refractivity contribution is -0.145. The van der Waals surface area contributed by atoms with Crippen molar-refractivity contribution in [3.05, 3.63) is 64.6 Å². The lowest BCUT2D eigenvalue weighted by atomic mass is 10.1. The smallest absolute Gasteiger partial charge is 0.349 e. The van der Waals surface area contributed by atoms with E-state index in [1.807, 2.05) is 6.07 Å². The van der Waals surface area contributed by atoms with Crippen molar-refractivity contribution in [1.82, 2.24) is 0 Å². The van der Waals surface area contributed by atoms with Crippen LogP contribution in [-0.4, -0.2) is 11.1 Å². The molecule has 2 rings (SSSR count). The quantitative estimate of drug-likeness (QED) is 0.938. The van der Waals surface area contributed by atoms with Gasteiger partial charge in [-0.3, -0.25) is 0 Å². The van der Waals surface area contributed by atoms with Crippen LogP contribution in [0.5, 0.6) is 5.75 Å². The highest BCUT2D eigenvalue weighted by Gasteiger charge is 2.21. The van der Waals surface area contributed by atoms with Crippen molar-refractivity contribution in [3.63, 3.8) is 0 Å². The van der Waals surface area contributed by atoms with E-state index in [4.69, 9.17) is 4.74 Å². The lowest BCUT2D eigenvalue weighted by Gasteiger charge is -2.15.